The molecule has 3 aromatic heterocycles. The van der Waals surface area contributed by atoms with Gasteiger partial charge in [-0.2, -0.15) is 8.88 Å². The van der Waals surface area contributed by atoms with E-state index in [1.165, 1.54) is 40.0 Å². The molecule has 3 aromatic rings. The number of nitrogen functional groups attached to an aromatic ring is 1. The lowest BCUT2D eigenvalue weighted by molar-refractivity contribution is -0.765. The lowest BCUT2D eigenvalue weighted by Gasteiger charge is -2.20. The van der Waals surface area contributed by atoms with Gasteiger partial charge in [0.05, 0.1) is 19.5 Å². The molecule has 0 spiro atoms. The van der Waals surface area contributed by atoms with Crippen LogP contribution < -0.4 is 16.0 Å². The topological polar surface area (TPSA) is 318 Å². The van der Waals surface area contributed by atoms with E-state index in [4.69, 9.17) is 25.5 Å². The van der Waals surface area contributed by atoms with Gasteiger partial charge in [0.15, 0.2) is 36.2 Å². The third-order valence-corrected chi connectivity index (χ3v) is 9.35. The number of hydrogen-bond acceptors (Lipinski definition) is 16. The van der Waals surface area contributed by atoms with Crippen LogP contribution in [-0.2, 0) is 32.0 Å². The maximum absolute atomic E-state index is 12.4. The zero-order valence-corrected chi connectivity index (χ0v) is 24.0. The molecule has 0 saturated carbocycles. The van der Waals surface area contributed by atoms with Crippen LogP contribution in [0.3, 0.4) is 0 Å². The molecule has 2 saturated heterocycles. The number of nitrogens with zero attached hydrogens (tertiary/aromatic N) is 5. The summed E-state index contributed by atoms with van der Waals surface area (Å²) in [6.07, 6.45) is -6.85. The second-order valence-electron chi connectivity index (χ2n) is 9.69. The Hall–Kier alpha value is -3.01. The second-order valence-corrected chi connectivity index (χ2v) is 12.7. The van der Waals surface area contributed by atoms with Crippen LogP contribution in [0.2, 0.25) is 0 Å². The molecule has 44 heavy (non-hydrogen) atoms. The normalized spacial score (nSPS) is 31.6. The summed E-state index contributed by atoms with van der Waals surface area (Å²) in [5.74, 6) is -0.714. The van der Waals surface area contributed by atoms with E-state index in [1.54, 1.807) is 0 Å². The van der Waals surface area contributed by atoms with Crippen LogP contribution in [0.5, 0.6) is 0 Å². The molecule has 2 unspecified atom stereocenters. The minimum Gasteiger partial charge on any atom is -0.387 e. The van der Waals surface area contributed by atoms with E-state index < -0.39 is 83.8 Å². The molecule has 1 amide bonds. The number of rotatable bonds is 11. The van der Waals surface area contributed by atoms with Gasteiger partial charge in [0.25, 0.3) is 12.1 Å². The summed E-state index contributed by atoms with van der Waals surface area (Å²) in [5, 5.41) is 41.6. The van der Waals surface area contributed by atoms with Crippen molar-refractivity contribution in [1.29, 1.82) is 0 Å². The van der Waals surface area contributed by atoms with Gasteiger partial charge < -0.3 is 51.2 Å². The van der Waals surface area contributed by atoms with E-state index in [2.05, 4.69) is 23.8 Å². The van der Waals surface area contributed by atoms with Crippen LogP contribution in [0.1, 0.15) is 22.8 Å². The predicted octanol–water partition coefficient (Wildman–Crippen LogP) is -3.02. The summed E-state index contributed by atoms with van der Waals surface area (Å²) in [4.78, 5) is 43.3. The van der Waals surface area contributed by atoms with Crippen LogP contribution in [0.15, 0.2) is 37.2 Å². The Morgan fingerprint density at radius 1 is 0.977 bits per heavy atom. The molecule has 0 radical (unpaired) electrons. The Bertz CT molecular complexity index is 1630. The van der Waals surface area contributed by atoms with Crippen LogP contribution >= 0.6 is 15.6 Å². The minimum atomic E-state index is -5.37. The van der Waals surface area contributed by atoms with Gasteiger partial charge in [0.1, 0.15) is 47.9 Å². The van der Waals surface area contributed by atoms with Crippen LogP contribution in [0.4, 0.5) is 5.82 Å². The summed E-state index contributed by atoms with van der Waals surface area (Å²) in [5.41, 5.74) is 11.4. The standard InChI is InChI=1S/C21H27N7O14P2/c22-17-12-19(25-7-24-17)28(8-26-12)21-16(32)14(30)11(41-21)6-39-44(36,37)42-43(34,35)38-5-10-13(29)15(31)20(40-10)27-3-1-2-9(4-27)18(23)33/h1-4,7-8,10-11,13-16,20-21,29-32H,5-6H2,(H5-,22,23,24,25,33,34,35,36,37)/p+1/t10-,11-,13-,14-,15-,16-,20-,21-/m1/s1/i5+1,10+1,13+1,15+1,20+1. The van der Waals surface area contributed by atoms with Crippen molar-refractivity contribution in [1.82, 2.24) is 19.5 Å². The molecule has 10 atom stereocenters. The van der Waals surface area contributed by atoms with Gasteiger partial charge in [-0.05, 0) is 6.07 Å². The Balaban J connectivity index is 1.16. The number of fused-ring (bicyclic) bond motifs is 1. The van der Waals surface area contributed by atoms with E-state index in [0.29, 0.717) is 0 Å². The molecular formula is C21H28N7O14P2+. The monoisotopic (exact) mass is 669 g/mol. The molecule has 10 N–H and O–H groups in total. The quantitative estimate of drug-likeness (QED) is 0.0572. The average molecular weight is 669 g/mol. The van der Waals surface area contributed by atoms with Crippen molar-refractivity contribution in [3.63, 3.8) is 0 Å². The van der Waals surface area contributed by atoms with Crippen LogP contribution in [0, 0.1) is 0 Å². The molecule has 2 fully saturated rings. The number of ether oxygens (including phenoxy) is 2. The Morgan fingerprint density at radius 2 is 1.61 bits per heavy atom. The zero-order valence-electron chi connectivity index (χ0n) is 22.2. The number of aromatic nitrogens is 5. The van der Waals surface area contributed by atoms with Crippen molar-refractivity contribution in [3.8, 4) is 0 Å². The molecule has 5 rings (SSSR count). The van der Waals surface area contributed by atoms with Gasteiger partial charge in [0.2, 0.25) is 0 Å². The molecule has 2 aliphatic rings. The van der Waals surface area contributed by atoms with E-state index in [0.717, 1.165) is 6.33 Å². The smallest absolute Gasteiger partial charge is 0.387 e. The van der Waals surface area contributed by atoms with Gasteiger partial charge in [-0.25, -0.2) is 24.1 Å². The fourth-order valence-corrected chi connectivity index (χ4v) is 6.67. The third-order valence-electron chi connectivity index (χ3n) is 6.75. The maximum Gasteiger partial charge on any atom is 0.481 e. The van der Waals surface area contributed by atoms with Crippen LogP contribution in [0.25, 0.3) is 11.2 Å². The summed E-state index contributed by atoms with van der Waals surface area (Å²) in [7, 11) is -10.7. The van der Waals surface area contributed by atoms with Crippen molar-refractivity contribution in [2.75, 3.05) is 18.9 Å². The number of nitrogens with two attached hydrogens (primary N) is 2. The molecule has 0 aromatic carbocycles. The molecular weight excluding hydrogens is 641 g/mol. The fourth-order valence-electron chi connectivity index (χ4n) is 4.58. The highest BCUT2D eigenvalue weighted by molar-refractivity contribution is 7.61. The molecule has 23 heteroatoms. The molecule has 0 bridgehead atoms. The lowest BCUT2D eigenvalue weighted by atomic mass is 10.1. The number of carbonyl (C=O) groups is 1. The fraction of sp³-hybridized carbons (Fsp3) is 0.476. The van der Waals surface area contributed by atoms with Crippen molar-refractivity contribution in [2.45, 2.75) is 49.1 Å². The van der Waals surface area contributed by atoms with Crippen LogP contribution in [-0.4, -0.2) is 105 Å². The number of amides is 1. The molecule has 5 heterocycles. The van der Waals surface area contributed by atoms with E-state index in [9.17, 15) is 44.1 Å². The number of aliphatic hydroxyl groups excluding tert-OH is 4. The molecule has 0 aliphatic carbocycles. The number of aliphatic hydroxyl groups is 4. The molecule has 21 nitrogen and oxygen atoms in total. The van der Waals surface area contributed by atoms with Gasteiger partial charge in [0, 0.05) is 6.07 Å². The van der Waals surface area contributed by atoms with Gasteiger partial charge >= 0.3 is 15.6 Å². The van der Waals surface area contributed by atoms with Crippen molar-refractivity contribution in [2.24, 2.45) is 5.73 Å². The first kappa shape index (κ1) is 32.4. The predicted molar refractivity (Wildman–Crippen MR) is 139 cm³/mol. The summed E-state index contributed by atoms with van der Waals surface area (Å²) < 4.78 is 52.0. The summed E-state index contributed by atoms with van der Waals surface area (Å²) >= 11 is 0. The number of carbonyl (C=O) groups excluding carboxylic acids is 1. The highest BCUT2D eigenvalue weighted by Crippen LogP contribution is 2.60. The van der Waals surface area contributed by atoms with E-state index >= 15 is 0 Å². The second kappa shape index (κ2) is 12.4. The molecule has 2 aliphatic heterocycles. The first-order chi connectivity index (χ1) is 20.7. The highest BCUT2D eigenvalue weighted by Gasteiger charge is 2.50. The number of primary amides is 1. The first-order valence-electron chi connectivity index (χ1n) is 12.6. The van der Waals surface area contributed by atoms with Crippen molar-refractivity contribution >= 4 is 38.5 Å². The van der Waals surface area contributed by atoms with E-state index in [1.807, 2.05) is 0 Å². The Kier molecular flexibility index (Phi) is 9.13. The average Bonchev–Trinajstić information content (AvgIpc) is 3.61. The third kappa shape index (κ3) is 6.65. The largest absolute Gasteiger partial charge is 0.481 e. The first-order valence-corrected chi connectivity index (χ1v) is 15.6. The van der Waals surface area contributed by atoms with Crippen molar-refractivity contribution < 1.29 is 71.5 Å². The summed E-state index contributed by atoms with van der Waals surface area (Å²) in [6, 6.07) is 2.83. The van der Waals surface area contributed by atoms with Gasteiger partial charge in [-0.3, -0.25) is 18.4 Å². The lowest BCUT2D eigenvalue weighted by Crippen LogP contribution is -2.46. The maximum atomic E-state index is 12.4. The SMILES string of the molecule is NC(=O)c1ccc[n+]([13C@@H]2O[13C@H]([13CH2]OP(=O)(O)OP(=O)(O)OC[C@H]3O[C@@H](n4cnc5c(N)ncnc54)[C@H](O)[C@@H]3O)[13C@@H](O)[13C@H]2O)c1. The van der Waals surface area contributed by atoms with Crippen molar-refractivity contribution in [3.05, 3.63) is 42.7 Å². The van der Waals surface area contributed by atoms with Gasteiger partial charge in [-0.15, -0.1) is 0 Å². The van der Waals surface area contributed by atoms with E-state index in [-0.39, 0.29) is 22.5 Å². The number of phosphoric ester groups is 2. The number of anilines is 1. The number of imidazole rings is 1. The number of hydrogen-bond donors (Lipinski definition) is 8. The zero-order chi connectivity index (χ0) is 32.0. The highest BCUT2D eigenvalue weighted by atomic mass is 31.3. The van der Waals surface area contributed by atoms with Gasteiger partial charge in [-0.1, -0.05) is 0 Å². The summed E-state index contributed by atoms with van der Waals surface area (Å²) in [6.45, 7) is -1.80. The number of pyridine rings is 1. The Morgan fingerprint density at radius 3 is 2.27 bits per heavy atom. The number of phosphoric acid groups is 2. The molecule has 240 valence electrons. The Labute approximate surface area is 246 Å². The minimum absolute atomic E-state index is 0.0505.